The number of hydrogen-bond donors (Lipinski definition) is 0. The largest absolute Gasteiger partial charge is 0.493 e. The number of thioether (sulfide) groups is 1. The molecule has 1 heterocycles. The van der Waals surface area contributed by atoms with Gasteiger partial charge in [0.15, 0.2) is 5.76 Å². The first-order valence-electron chi connectivity index (χ1n) is 6.64. The van der Waals surface area contributed by atoms with Gasteiger partial charge in [-0.05, 0) is 30.7 Å². The predicted octanol–water partition coefficient (Wildman–Crippen LogP) is 4.41. The second-order valence-corrected chi connectivity index (χ2v) is 6.18. The first kappa shape index (κ1) is 15.4. The predicted molar refractivity (Wildman–Crippen MR) is 86.1 cm³/mol. The monoisotopic (exact) mass is 356 g/mol. The van der Waals surface area contributed by atoms with Gasteiger partial charge in [-0.1, -0.05) is 28.9 Å². The number of fused-ring (bicyclic) bond motifs is 1. The van der Waals surface area contributed by atoms with Crippen LogP contribution in [0.1, 0.15) is 30.1 Å². The van der Waals surface area contributed by atoms with Gasteiger partial charge >= 0.3 is 0 Å². The third-order valence-corrected chi connectivity index (χ3v) is 4.08. The summed E-state index contributed by atoms with van der Waals surface area (Å²) in [6.45, 7) is 2.64. The van der Waals surface area contributed by atoms with Crippen molar-refractivity contribution in [2.24, 2.45) is 0 Å². The number of benzene rings is 1. The molecule has 1 aliphatic rings. The highest BCUT2D eigenvalue weighted by Crippen LogP contribution is 2.38. The number of rotatable bonds is 7. The highest BCUT2D eigenvalue weighted by Gasteiger charge is 2.30. The van der Waals surface area contributed by atoms with E-state index in [4.69, 9.17) is 9.47 Å². The van der Waals surface area contributed by atoms with Crippen molar-refractivity contribution in [2.75, 3.05) is 17.7 Å². The quantitative estimate of drug-likeness (QED) is 0.411. The van der Waals surface area contributed by atoms with Gasteiger partial charge in [0.1, 0.15) is 17.1 Å². The first-order valence-corrected chi connectivity index (χ1v) is 8.81. The first-order chi connectivity index (χ1) is 9.77. The summed E-state index contributed by atoms with van der Waals surface area (Å²) in [5.74, 6) is 2.43. The van der Waals surface area contributed by atoms with Crippen molar-refractivity contribution in [2.45, 2.75) is 19.8 Å². The third kappa shape index (κ3) is 3.58. The number of carbonyl (C=O) groups is 1. The van der Waals surface area contributed by atoms with Crippen LogP contribution >= 0.6 is 27.7 Å². The minimum atomic E-state index is -0.0861. The fraction of sp³-hybridized carbons (Fsp3) is 0.400. The van der Waals surface area contributed by atoms with E-state index in [1.54, 1.807) is 23.2 Å². The molecule has 0 radical (unpaired) electrons. The minimum Gasteiger partial charge on any atom is -0.493 e. The Morgan fingerprint density at radius 1 is 1.40 bits per heavy atom. The van der Waals surface area contributed by atoms with Crippen molar-refractivity contribution in [1.29, 1.82) is 0 Å². The van der Waals surface area contributed by atoms with E-state index < -0.39 is 0 Å². The Bertz CT molecular complexity index is 514. The van der Waals surface area contributed by atoms with E-state index in [1.165, 1.54) is 0 Å². The van der Waals surface area contributed by atoms with Crippen molar-refractivity contribution in [1.82, 2.24) is 0 Å². The van der Waals surface area contributed by atoms with E-state index in [0.29, 0.717) is 29.4 Å². The zero-order chi connectivity index (χ0) is 14.4. The number of ketones is 1. The number of hydrogen-bond acceptors (Lipinski definition) is 4. The maximum absolute atomic E-state index is 12.3. The molecule has 1 aliphatic heterocycles. The summed E-state index contributed by atoms with van der Waals surface area (Å²) in [5, 5.41) is 2.74. The molecule has 0 aliphatic carbocycles. The molecule has 3 nitrogen and oxygen atoms in total. The van der Waals surface area contributed by atoms with Crippen LogP contribution in [0.3, 0.4) is 0 Å². The highest BCUT2D eigenvalue weighted by molar-refractivity contribution is 9.09. The van der Waals surface area contributed by atoms with E-state index in [0.717, 1.165) is 23.9 Å². The van der Waals surface area contributed by atoms with Gasteiger partial charge < -0.3 is 9.47 Å². The molecule has 0 bridgehead atoms. The molecule has 108 valence electrons. The second-order valence-electron chi connectivity index (χ2n) is 4.24. The zero-order valence-corrected chi connectivity index (χ0v) is 13.8. The van der Waals surface area contributed by atoms with Gasteiger partial charge in [0, 0.05) is 10.7 Å². The van der Waals surface area contributed by atoms with E-state index in [2.05, 4.69) is 15.9 Å². The van der Waals surface area contributed by atoms with Gasteiger partial charge in [0.05, 0.1) is 6.61 Å². The second kappa shape index (κ2) is 7.74. The van der Waals surface area contributed by atoms with Crippen LogP contribution in [0.2, 0.25) is 0 Å². The van der Waals surface area contributed by atoms with Crippen molar-refractivity contribution in [3.63, 3.8) is 0 Å². The normalized spacial score (nSPS) is 15.3. The number of alkyl halides is 1. The van der Waals surface area contributed by atoms with Crippen molar-refractivity contribution >= 4 is 33.5 Å². The summed E-state index contributed by atoms with van der Waals surface area (Å²) in [5.41, 5.74) is 0.550. The molecule has 0 fully saturated rings. The Morgan fingerprint density at radius 2 is 2.25 bits per heavy atom. The average molecular weight is 357 g/mol. The Kier molecular flexibility index (Phi) is 5.98. The molecular weight excluding hydrogens is 340 g/mol. The van der Waals surface area contributed by atoms with E-state index in [9.17, 15) is 4.79 Å². The molecule has 0 amide bonds. The van der Waals surface area contributed by atoms with Crippen LogP contribution in [0.5, 0.6) is 11.5 Å². The lowest BCUT2D eigenvalue weighted by Gasteiger charge is -2.07. The van der Waals surface area contributed by atoms with Gasteiger partial charge in [-0.3, -0.25) is 4.79 Å². The summed E-state index contributed by atoms with van der Waals surface area (Å²) in [4.78, 5) is 12.3. The molecule has 0 spiro atoms. The Hall–Kier alpha value is -0.940. The lowest BCUT2D eigenvalue weighted by molar-refractivity contribution is 0.101. The summed E-state index contributed by atoms with van der Waals surface area (Å²) in [7, 11) is 0. The highest BCUT2D eigenvalue weighted by atomic mass is 79.9. The molecule has 1 aromatic rings. The van der Waals surface area contributed by atoms with Crippen LogP contribution in [0, 0.1) is 0 Å². The molecule has 2 rings (SSSR count). The lowest BCUT2D eigenvalue weighted by atomic mass is 10.1. The van der Waals surface area contributed by atoms with Crippen molar-refractivity contribution < 1.29 is 14.3 Å². The van der Waals surface area contributed by atoms with E-state index >= 15 is 0 Å². The Morgan fingerprint density at radius 3 is 3.00 bits per heavy atom. The number of carbonyl (C=O) groups excluding carboxylic acids is 1. The molecule has 0 unspecified atom stereocenters. The van der Waals surface area contributed by atoms with Crippen LogP contribution in [-0.4, -0.2) is 23.5 Å². The SMILES string of the molecule is CCSC=C1Oc2cccc(OCCCCBr)c2C1=O. The fourth-order valence-electron chi connectivity index (χ4n) is 1.84. The summed E-state index contributed by atoms with van der Waals surface area (Å²) in [6.07, 6.45) is 2.01. The summed E-state index contributed by atoms with van der Waals surface area (Å²) < 4.78 is 11.3. The van der Waals surface area contributed by atoms with Crippen LogP contribution in [-0.2, 0) is 0 Å². The van der Waals surface area contributed by atoms with Crippen molar-refractivity contribution in [3.05, 3.63) is 34.9 Å². The zero-order valence-electron chi connectivity index (χ0n) is 11.4. The fourth-order valence-corrected chi connectivity index (χ4v) is 2.71. The van der Waals surface area contributed by atoms with Gasteiger partial charge in [-0.15, -0.1) is 11.8 Å². The molecule has 0 aromatic heterocycles. The minimum absolute atomic E-state index is 0.0861. The number of ether oxygens (including phenoxy) is 2. The molecule has 1 aromatic carbocycles. The maximum Gasteiger partial charge on any atom is 0.236 e. The van der Waals surface area contributed by atoms with Crippen LogP contribution in [0.25, 0.3) is 0 Å². The van der Waals surface area contributed by atoms with Gasteiger partial charge in [0.25, 0.3) is 0 Å². The molecule has 0 N–H and O–H groups in total. The molecule has 20 heavy (non-hydrogen) atoms. The lowest BCUT2D eigenvalue weighted by Crippen LogP contribution is -2.03. The molecular formula is C15H17BrO3S. The number of halogens is 1. The standard InChI is InChI=1S/C15H17BrO3S/c1-2-20-10-13-15(17)14-11(18-9-4-3-8-16)6-5-7-12(14)19-13/h5-7,10H,2-4,8-9H2,1H3. The van der Waals surface area contributed by atoms with Crippen LogP contribution in [0.4, 0.5) is 0 Å². The molecule has 0 saturated carbocycles. The van der Waals surface area contributed by atoms with Crippen molar-refractivity contribution in [3.8, 4) is 11.5 Å². The van der Waals surface area contributed by atoms with Crippen LogP contribution in [0.15, 0.2) is 29.4 Å². The smallest absolute Gasteiger partial charge is 0.236 e. The Labute approximate surface area is 131 Å². The van der Waals surface area contributed by atoms with Crippen LogP contribution < -0.4 is 9.47 Å². The van der Waals surface area contributed by atoms with Gasteiger partial charge in [-0.2, -0.15) is 0 Å². The van der Waals surface area contributed by atoms with Gasteiger partial charge in [0.2, 0.25) is 5.78 Å². The molecule has 0 atom stereocenters. The van der Waals surface area contributed by atoms with E-state index in [1.807, 2.05) is 19.1 Å². The molecule has 0 saturated heterocycles. The third-order valence-electron chi connectivity index (χ3n) is 2.80. The number of Topliss-reactive ketones (excluding diaryl/α,β-unsaturated/α-hetero) is 1. The van der Waals surface area contributed by atoms with E-state index in [-0.39, 0.29) is 5.78 Å². The average Bonchev–Trinajstić information content (AvgIpc) is 2.79. The van der Waals surface area contributed by atoms with Gasteiger partial charge in [-0.25, -0.2) is 0 Å². The Balaban J connectivity index is 2.12. The maximum atomic E-state index is 12.3. The summed E-state index contributed by atoms with van der Waals surface area (Å²) >= 11 is 4.94. The molecule has 5 heteroatoms. The number of unbranched alkanes of at least 4 members (excludes halogenated alkanes) is 1. The summed E-state index contributed by atoms with van der Waals surface area (Å²) in [6, 6.07) is 5.47. The topological polar surface area (TPSA) is 35.5 Å². The number of allylic oxidation sites excluding steroid dienone is 1.